The number of carboxylic acids is 1. The van der Waals surface area contributed by atoms with Crippen LogP contribution in [0.15, 0.2) is 18.2 Å². The van der Waals surface area contributed by atoms with Crippen molar-refractivity contribution in [1.29, 1.82) is 0 Å². The lowest BCUT2D eigenvalue weighted by Crippen LogP contribution is -2.40. The molecule has 6 nitrogen and oxygen atoms in total. The van der Waals surface area contributed by atoms with E-state index in [1.165, 1.54) is 25.3 Å². The van der Waals surface area contributed by atoms with Crippen LogP contribution in [0.2, 0.25) is 0 Å². The molecule has 0 heterocycles. The molecule has 1 aliphatic rings. The Bertz CT molecular complexity index is 546. The van der Waals surface area contributed by atoms with Crippen molar-refractivity contribution in [3.8, 4) is 5.75 Å². The van der Waals surface area contributed by atoms with Crippen molar-refractivity contribution in [1.82, 2.24) is 5.32 Å². The van der Waals surface area contributed by atoms with Crippen LogP contribution in [0.5, 0.6) is 5.75 Å². The lowest BCUT2D eigenvalue weighted by molar-refractivity contribution is -0.137. The van der Waals surface area contributed by atoms with Crippen LogP contribution in [-0.2, 0) is 4.79 Å². The fourth-order valence-electron chi connectivity index (χ4n) is 2.08. The molecule has 1 aliphatic carbocycles. The number of carbonyl (C=O) groups is 2. The van der Waals surface area contributed by atoms with Gasteiger partial charge in [0, 0.05) is 12.1 Å². The summed E-state index contributed by atoms with van der Waals surface area (Å²) in [5, 5.41) is 13.8. The largest absolute Gasteiger partial charge is 0.497 e. The zero-order valence-electron chi connectivity index (χ0n) is 11.6. The highest BCUT2D eigenvalue weighted by Gasteiger charge is 2.33. The summed E-state index contributed by atoms with van der Waals surface area (Å²) in [6, 6.07) is 2.93. The molecule has 1 saturated carbocycles. The number of halogens is 1. The molecule has 1 aromatic rings. The van der Waals surface area contributed by atoms with Crippen molar-refractivity contribution in [2.24, 2.45) is 5.92 Å². The molecule has 2 amide bonds. The molecule has 0 aromatic heterocycles. The second-order valence-corrected chi connectivity index (χ2v) is 4.99. The number of hydrogen-bond donors (Lipinski definition) is 3. The number of carboxylic acid groups (broad SMARTS) is 1. The second-order valence-electron chi connectivity index (χ2n) is 4.99. The van der Waals surface area contributed by atoms with E-state index in [2.05, 4.69) is 10.6 Å². The lowest BCUT2D eigenvalue weighted by Gasteiger charge is -2.17. The van der Waals surface area contributed by atoms with Gasteiger partial charge in [-0.25, -0.2) is 9.18 Å². The van der Waals surface area contributed by atoms with Gasteiger partial charge in [0.05, 0.1) is 19.2 Å². The topological polar surface area (TPSA) is 87.7 Å². The van der Waals surface area contributed by atoms with Gasteiger partial charge in [0.2, 0.25) is 0 Å². The van der Waals surface area contributed by atoms with Crippen LogP contribution in [-0.4, -0.2) is 30.3 Å². The maximum Gasteiger partial charge on any atom is 0.319 e. The van der Waals surface area contributed by atoms with Crippen LogP contribution in [0, 0.1) is 11.7 Å². The number of ether oxygens (including phenoxy) is 1. The molecular weight excluding hydrogens is 279 g/mol. The molecule has 114 valence electrons. The minimum Gasteiger partial charge on any atom is -0.497 e. The predicted octanol–water partition coefficient (Wildman–Crippen LogP) is 2.21. The molecule has 3 N–H and O–H groups in total. The Morgan fingerprint density at radius 3 is 2.76 bits per heavy atom. The number of carbonyl (C=O) groups excluding carboxylic acids is 1. The van der Waals surface area contributed by atoms with Crippen molar-refractivity contribution in [3.63, 3.8) is 0 Å². The first kappa shape index (κ1) is 15.1. The van der Waals surface area contributed by atoms with Gasteiger partial charge in [0.15, 0.2) is 0 Å². The van der Waals surface area contributed by atoms with Crippen molar-refractivity contribution < 1.29 is 23.8 Å². The summed E-state index contributed by atoms with van der Waals surface area (Å²) >= 11 is 0. The Labute approximate surface area is 121 Å². The van der Waals surface area contributed by atoms with Crippen molar-refractivity contribution in [2.75, 3.05) is 12.4 Å². The fourth-order valence-corrected chi connectivity index (χ4v) is 2.08. The summed E-state index contributed by atoms with van der Waals surface area (Å²) in [6.45, 7) is 0. The summed E-state index contributed by atoms with van der Waals surface area (Å²) < 4.78 is 18.5. The van der Waals surface area contributed by atoms with E-state index in [-0.39, 0.29) is 18.0 Å². The smallest absolute Gasteiger partial charge is 0.319 e. The molecule has 7 heteroatoms. The van der Waals surface area contributed by atoms with E-state index in [1.54, 1.807) is 0 Å². The number of aliphatic carboxylic acids is 1. The lowest BCUT2D eigenvalue weighted by atomic mass is 10.1. The molecule has 1 atom stereocenters. The van der Waals surface area contributed by atoms with Gasteiger partial charge in [-0.15, -0.1) is 0 Å². The van der Waals surface area contributed by atoms with Crippen molar-refractivity contribution in [3.05, 3.63) is 24.0 Å². The minimum atomic E-state index is -0.972. The summed E-state index contributed by atoms with van der Waals surface area (Å²) in [7, 11) is 1.44. The first-order valence-electron chi connectivity index (χ1n) is 6.62. The van der Waals surface area contributed by atoms with Crippen LogP contribution in [0.3, 0.4) is 0 Å². The standard InChI is InChI=1S/C14H17FN2O4/c1-21-9-4-5-10(15)12(6-9)17-14(20)16-11(7-13(18)19)8-2-3-8/h4-6,8,11H,2-3,7H2,1H3,(H,18,19)(H2,16,17,20). The van der Waals surface area contributed by atoms with Gasteiger partial charge in [-0.3, -0.25) is 4.79 Å². The maximum atomic E-state index is 13.6. The number of anilines is 1. The molecule has 0 bridgehead atoms. The van der Waals surface area contributed by atoms with Crippen LogP contribution in [0.25, 0.3) is 0 Å². The fraction of sp³-hybridized carbons (Fsp3) is 0.429. The third kappa shape index (κ3) is 4.34. The number of urea groups is 1. The minimum absolute atomic E-state index is 0.0169. The Hall–Kier alpha value is -2.31. The average molecular weight is 296 g/mol. The van der Waals surface area contributed by atoms with E-state index in [0.29, 0.717) is 5.75 Å². The first-order valence-corrected chi connectivity index (χ1v) is 6.62. The first-order chi connectivity index (χ1) is 9.99. The van der Waals surface area contributed by atoms with E-state index in [9.17, 15) is 14.0 Å². The number of amides is 2. The number of methoxy groups -OCH3 is 1. The Morgan fingerprint density at radius 2 is 2.19 bits per heavy atom. The second kappa shape index (κ2) is 6.43. The highest BCUT2D eigenvalue weighted by atomic mass is 19.1. The third-order valence-corrected chi connectivity index (χ3v) is 3.32. The molecule has 0 aliphatic heterocycles. The van der Waals surface area contributed by atoms with E-state index >= 15 is 0 Å². The van der Waals surface area contributed by atoms with Crippen LogP contribution in [0.4, 0.5) is 14.9 Å². The molecule has 0 spiro atoms. The van der Waals surface area contributed by atoms with E-state index in [4.69, 9.17) is 9.84 Å². The number of rotatable bonds is 6. The van der Waals surface area contributed by atoms with Crippen LogP contribution < -0.4 is 15.4 Å². The summed E-state index contributed by atoms with van der Waals surface area (Å²) in [5.41, 5.74) is -0.0169. The Kier molecular flexibility index (Phi) is 4.62. The molecule has 21 heavy (non-hydrogen) atoms. The van der Waals surface area contributed by atoms with Crippen LogP contribution >= 0.6 is 0 Å². The highest BCUT2D eigenvalue weighted by Crippen LogP contribution is 2.34. The third-order valence-electron chi connectivity index (χ3n) is 3.32. The zero-order valence-corrected chi connectivity index (χ0v) is 11.6. The molecule has 1 aromatic carbocycles. The van der Waals surface area contributed by atoms with Gasteiger partial charge in [0.25, 0.3) is 0 Å². The normalized spacial score (nSPS) is 15.1. The molecule has 2 rings (SSSR count). The predicted molar refractivity (Wildman–Crippen MR) is 73.9 cm³/mol. The van der Waals surface area contributed by atoms with Gasteiger partial charge in [0.1, 0.15) is 11.6 Å². The highest BCUT2D eigenvalue weighted by molar-refractivity contribution is 5.90. The van der Waals surface area contributed by atoms with Gasteiger partial charge in [-0.1, -0.05) is 0 Å². The van der Waals surface area contributed by atoms with E-state index in [0.717, 1.165) is 12.8 Å². The zero-order chi connectivity index (χ0) is 15.4. The van der Waals surface area contributed by atoms with Gasteiger partial charge >= 0.3 is 12.0 Å². The molecule has 0 radical (unpaired) electrons. The van der Waals surface area contributed by atoms with Gasteiger partial charge in [-0.2, -0.15) is 0 Å². The molecule has 1 fully saturated rings. The molecule has 1 unspecified atom stereocenters. The summed E-state index contributed by atoms with van der Waals surface area (Å²) in [6.07, 6.45) is 1.65. The summed E-state index contributed by atoms with van der Waals surface area (Å²) in [4.78, 5) is 22.6. The number of hydrogen-bond acceptors (Lipinski definition) is 3. The van der Waals surface area contributed by atoms with Crippen molar-refractivity contribution in [2.45, 2.75) is 25.3 Å². The van der Waals surface area contributed by atoms with Gasteiger partial charge < -0.3 is 20.5 Å². The molecular formula is C14H17FN2O4. The quantitative estimate of drug-likeness (QED) is 0.751. The number of nitrogens with one attached hydrogen (secondary N) is 2. The number of benzene rings is 1. The monoisotopic (exact) mass is 296 g/mol. The van der Waals surface area contributed by atoms with E-state index in [1.807, 2.05) is 0 Å². The van der Waals surface area contributed by atoms with Gasteiger partial charge in [-0.05, 0) is 30.9 Å². The summed E-state index contributed by atoms with van der Waals surface area (Å²) in [5.74, 6) is -0.968. The average Bonchev–Trinajstić information content (AvgIpc) is 3.24. The Morgan fingerprint density at radius 1 is 1.48 bits per heavy atom. The Balaban J connectivity index is 1.98. The maximum absolute atomic E-state index is 13.6. The van der Waals surface area contributed by atoms with Crippen LogP contribution in [0.1, 0.15) is 19.3 Å². The van der Waals surface area contributed by atoms with E-state index < -0.39 is 23.9 Å². The van der Waals surface area contributed by atoms with Crippen molar-refractivity contribution >= 4 is 17.7 Å². The SMILES string of the molecule is COc1ccc(F)c(NC(=O)NC(CC(=O)O)C2CC2)c1. The molecule has 0 saturated heterocycles.